The number of aromatic nitrogens is 2. The number of para-hydroxylation sites is 1. The van der Waals surface area contributed by atoms with E-state index in [1.54, 1.807) is 12.1 Å². The third-order valence-electron chi connectivity index (χ3n) is 5.46. The molecule has 0 aliphatic heterocycles. The second kappa shape index (κ2) is 10.7. The summed E-state index contributed by atoms with van der Waals surface area (Å²) in [5.41, 5.74) is 1.49. The fourth-order valence-corrected chi connectivity index (χ4v) is 4.31. The van der Waals surface area contributed by atoms with Crippen molar-refractivity contribution in [1.29, 1.82) is 0 Å². The molecule has 1 amide bonds. The van der Waals surface area contributed by atoms with Crippen LogP contribution in [0.5, 0.6) is 0 Å². The quantitative estimate of drug-likeness (QED) is 0.469. The summed E-state index contributed by atoms with van der Waals surface area (Å²) in [5, 5.41) is 4.24. The Balaban J connectivity index is 1.70. The topological polar surface area (TPSA) is 70.1 Å². The number of rotatable bonds is 9. The highest BCUT2D eigenvalue weighted by molar-refractivity contribution is 7.71. The van der Waals surface area contributed by atoms with Crippen LogP contribution in [0.3, 0.4) is 0 Å². The molecule has 3 rings (SSSR count). The van der Waals surface area contributed by atoms with Crippen molar-refractivity contribution in [2.75, 3.05) is 19.6 Å². The van der Waals surface area contributed by atoms with Crippen LogP contribution < -0.4 is 10.9 Å². The van der Waals surface area contributed by atoms with Crippen LogP contribution >= 0.6 is 23.8 Å². The Hall–Kier alpha value is -2.48. The van der Waals surface area contributed by atoms with Gasteiger partial charge < -0.3 is 10.3 Å². The fourth-order valence-electron chi connectivity index (χ4n) is 3.76. The molecule has 1 unspecified atom stereocenters. The Bertz CT molecular complexity index is 1170. The molecule has 164 valence electrons. The molecule has 6 nitrogen and oxygen atoms in total. The molecule has 0 saturated carbocycles. The minimum absolute atomic E-state index is 0.0288. The largest absolute Gasteiger partial charge is 0.354 e. The number of fused-ring (bicyclic) bond motifs is 1. The standard InChI is InChI=1S/C23H27ClN4O2S/c1-3-27(4-2)20(16-9-5-7-11-18(16)24)15-25-21(29)13-14-28-22(30)17-10-6-8-12-19(17)26-23(28)31/h5-12,20H,3-4,13-15H2,1-2H3,(H,25,29)(H,26,31). The third-order valence-corrected chi connectivity index (χ3v) is 6.13. The summed E-state index contributed by atoms with van der Waals surface area (Å²) in [6, 6.07) is 14.9. The normalized spacial score (nSPS) is 12.3. The molecular weight excluding hydrogens is 432 g/mol. The van der Waals surface area contributed by atoms with Gasteiger partial charge in [0.05, 0.1) is 16.9 Å². The number of hydrogen-bond donors (Lipinski definition) is 2. The zero-order chi connectivity index (χ0) is 22.4. The van der Waals surface area contributed by atoms with Gasteiger partial charge in [-0.25, -0.2) is 0 Å². The van der Waals surface area contributed by atoms with Gasteiger partial charge in [0.15, 0.2) is 4.77 Å². The third kappa shape index (κ3) is 5.42. The molecule has 2 N–H and O–H groups in total. The summed E-state index contributed by atoms with van der Waals surface area (Å²) in [5.74, 6) is -0.140. The van der Waals surface area contributed by atoms with Crippen molar-refractivity contribution in [1.82, 2.24) is 19.8 Å². The van der Waals surface area contributed by atoms with Gasteiger partial charge in [-0.3, -0.25) is 19.1 Å². The van der Waals surface area contributed by atoms with E-state index in [1.165, 1.54) is 4.57 Å². The van der Waals surface area contributed by atoms with Crippen LogP contribution in [0.25, 0.3) is 10.9 Å². The predicted molar refractivity (Wildman–Crippen MR) is 128 cm³/mol. The molecule has 0 fully saturated rings. The molecule has 0 aliphatic carbocycles. The van der Waals surface area contributed by atoms with Crippen molar-refractivity contribution in [2.24, 2.45) is 0 Å². The first kappa shape index (κ1) is 23.2. The van der Waals surface area contributed by atoms with E-state index in [4.69, 9.17) is 23.8 Å². The molecule has 0 saturated heterocycles. The van der Waals surface area contributed by atoms with Crippen molar-refractivity contribution in [3.05, 3.63) is 74.2 Å². The van der Waals surface area contributed by atoms with Gasteiger partial charge in [0, 0.05) is 24.5 Å². The van der Waals surface area contributed by atoms with Crippen molar-refractivity contribution >= 4 is 40.6 Å². The first-order valence-corrected chi connectivity index (χ1v) is 11.2. The zero-order valence-corrected chi connectivity index (χ0v) is 19.3. The Morgan fingerprint density at radius 1 is 1.16 bits per heavy atom. The van der Waals surface area contributed by atoms with Gasteiger partial charge in [0.25, 0.3) is 5.56 Å². The van der Waals surface area contributed by atoms with Gasteiger partial charge in [-0.1, -0.05) is 55.8 Å². The molecule has 3 aromatic rings. The Morgan fingerprint density at radius 2 is 1.84 bits per heavy atom. The van der Waals surface area contributed by atoms with Crippen LogP contribution in [-0.4, -0.2) is 40.0 Å². The van der Waals surface area contributed by atoms with Gasteiger partial charge in [-0.15, -0.1) is 0 Å². The molecule has 1 atom stereocenters. The molecular formula is C23H27ClN4O2S. The number of halogens is 1. The van der Waals surface area contributed by atoms with E-state index in [-0.39, 0.29) is 30.5 Å². The van der Waals surface area contributed by atoms with Crippen LogP contribution in [0.2, 0.25) is 5.02 Å². The summed E-state index contributed by atoms with van der Waals surface area (Å²) >= 11 is 11.7. The van der Waals surface area contributed by atoms with Gasteiger partial charge in [-0.2, -0.15) is 0 Å². The van der Waals surface area contributed by atoms with Crippen molar-refractivity contribution in [3.63, 3.8) is 0 Å². The molecule has 31 heavy (non-hydrogen) atoms. The van der Waals surface area contributed by atoms with Crippen LogP contribution in [0.15, 0.2) is 53.3 Å². The highest BCUT2D eigenvalue weighted by Crippen LogP contribution is 2.27. The van der Waals surface area contributed by atoms with E-state index in [9.17, 15) is 9.59 Å². The summed E-state index contributed by atoms with van der Waals surface area (Å²) < 4.78 is 1.75. The number of nitrogens with one attached hydrogen (secondary N) is 2. The lowest BCUT2D eigenvalue weighted by Crippen LogP contribution is -2.38. The maximum Gasteiger partial charge on any atom is 0.262 e. The maximum atomic E-state index is 12.7. The number of carbonyl (C=O) groups is 1. The number of benzene rings is 2. The highest BCUT2D eigenvalue weighted by atomic mass is 35.5. The lowest BCUT2D eigenvalue weighted by molar-refractivity contribution is -0.121. The molecule has 2 aromatic carbocycles. The van der Waals surface area contributed by atoms with E-state index in [0.717, 1.165) is 18.7 Å². The van der Waals surface area contributed by atoms with E-state index in [1.807, 2.05) is 36.4 Å². The molecule has 1 aromatic heterocycles. The zero-order valence-electron chi connectivity index (χ0n) is 17.7. The van der Waals surface area contributed by atoms with Crippen molar-refractivity contribution in [2.45, 2.75) is 32.9 Å². The smallest absolute Gasteiger partial charge is 0.262 e. The number of nitrogens with zero attached hydrogens (tertiary/aromatic N) is 2. The summed E-state index contributed by atoms with van der Waals surface area (Å²) in [6.07, 6.45) is 0.156. The van der Waals surface area contributed by atoms with Crippen LogP contribution in [0, 0.1) is 4.77 Å². The fraction of sp³-hybridized carbons (Fsp3) is 0.348. The Labute approximate surface area is 191 Å². The van der Waals surface area contributed by atoms with Crippen LogP contribution in [0.4, 0.5) is 0 Å². The average Bonchev–Trinajstić information content (AvgIpc) is 2.77. The predicted octanol–water partition coefficient (Wildman–Crippen LogP) is 4.30. The first-order chi connectivity index (χ1) is 15.0. The number of amides is 1. The second-order valence-electron chi connectivity index (χ2n) is 7.25. The monoisotopic (exact) mass is 458 g/mol. The van der Waals surface area contributed by atoms with Crippen molar-refractivity contribution in [3.8, 4) is 0 Å². The van der Waals surface area contributed by atoms with Gasteiger partial charge >= 0.3 is 0 Å². The molecule has 0 spiro atoms. The second-order valence-corrected chi connectivity index (χ2v) is 8.04. The molecule has 8 heteroatoms. The lowest BCUT2D eigenvalue weighted by Gasteiger charge is -2.31. The minimum atomic E-state index is -0.191. The van der Waals surface area contributed by atoms with E-state index in [2.05, 4.69) is 29.0 Å². The molecule has 0 aliphatic rings. The van der Waals surface area contributed by atoms with E-state index < -0.39 is 0 Å². The number of aromatic amines is 1. The number of H-pyrrole nitrogens is 1. The van der Waals surface area contributed by atoms with Gasteiger partial charge in [0.1, 0.15) is 0 Å². The van der Waals surface area contributed by atoms with Crippen LogP contribution in [-0.2, 0) is 11.3 Å². The minimum Gasteiger partial charge on any atom is -0.354 e. The summed E-state index contributed by atoms with van der Waals surface area (Å²) in [6.45, 7) is 6.50. The highest BCUT2D eigenvalue weighted by Gasteiger charge is 2.21. The van der Waals surface area contributed by atoms with Gasteiger partial charge in [-0.05, 0) is 49.1 Å². The number of hydrogen-bond acceptors (Lipinski definition) is 4. The Morgan fingerprint density at radius 3 is 2.55 bits per heavy atom. The molecule has 0 bridgehead atoms. The lowest BCUT2D eigenvalue weighted by atomic mass is 10.0. The summed E-state index contributed by atoms with van der Waals surface area (Å²) in [4.78, 5) is 30.7. The van der Waals surface area contributed by atoms with Crippen molar-refractivity contribution < 1.29 is 4.79 Å². The maximum absolute atomic E-state index is 12.7. The number of likely N-dealkylation sites (N-methyl/N-ethyl adjacent to an activating group) is 1. The number of carbonyl (C=O) groups excluding carboxylic acids is 1. The first-order valence-electron chi connectivity index (χ1n) is 10.4. The average molecular weight is 459 g/mol. The summed E-state index contributed by atoms with van der Waals surface area (Å²) in [7, 11) is 0. The molecule has 0 radical (unpaired) electrons. The van der Waals surface area contributed by atoms with E-state index >= 15 is 0 Å². The van der Waals surface area contributed by atoms with E-state index in [0.29, 0.717) is 27.2 Å². The van der Waals surface area contributed by atoms with Crippen LogP contribution in [0.1, 0.15) is 31.9 Å². The SMILES string of the molecule is CCN(CC)C(CNC(=O)CCn1c(=S)[nH]c2ccccc2c1=O)c1ccccc1Cl. The van der Waals surface area contributed by atoms with Gasteiger partial charge in [0.2, 0.25) is 5.91 Å². The Kier molecular flexibility index (Phi) is 8.01. The molecule has 1 heterocycles.